The number of aromatic hydroxyl groups is 1. The number of hydrogen-bond donors (Lipinski definition) is 3. The Balaban J connectivity index is 2.45. The van der Waals surface area contributed by atoms with Gasteiger partial charge in [-0.2, -0.15) is 0 Å². The summed E-state index contributed by atoms with van der Waals surface area (Å²) in [6, 6.07) is 5.83. The van der Waals surface area contributed by atoms with Gasteiger partial charge in [0.15, 0.2) is 0 Å². The van der Waals surface area contributed by atoms with E-state index in [4.69, 9.17) is 5.84 Å². The van der Waals surface area contributed by atoms with Gasteiger partial charge in [0.05, 0.1) is 0 Å². The van der Waals surface area contributed by atoms with Gasteiger partial charge in [-0.15, -0.1) is 0 Å². The summed E-state index contributed by atoms with van der Waals surface area (Å²) in [6.45, 7) is 0. The predicted octanol–water partition coefficient (Wildman–Crippen LogP) is 1.23. The minimum absolute atomic E-state index is 0.204. The van der Waals surface area contributed by atoms with E-state index in [0.717, 1.165) is 30.4 Å². The molecule has 0 saturated carbocycles. The van der Waals surface area contributed by atoms with E-state index in [1.165, 1.54) is 0 Å². The first-order chi connectivity index (χ1) is 6.33. The molecule has 1 aromatic rings. The van der Waals surface area contributed by atoms with Crippen molar-refractivity contribution in [1.82, 2.24) is 5.43 Å². The summed E-state index contributed by atoms with van der Waals surface area (Å²) in [5.74, 6) is 5.84. The molecule has 3 heteroatoms. The molecule has 0 saturated heterocycles. The Labute approximate surface area is 77.5 Å². The van der Waals surface area contributed by atoms with Crippen molar-refractivity contribution in [3.05, 3.63) is 29.3 Å². The van der Waals surface area contributed by atoms with Crippen LogP contribution in [0.2, 0.25) is 0 Å². The van der Waals surface area contributed by atoms with Crippen molar-refractivity contribution in [2.45, 2.75) is 25.3 Å². The maximum absolute atomic E-state index is 9.60. The second-order valence-corrected chi connectivity index (χ2v) is 3.46. The first-order valence-corrected chi connectivity index (χ1v) is 4.60. The first kappa shape index (κ1) is 8.53. The topological polar surface area (TPSA) is 58.3 Å². The maximum atomic E-state index is 9.60. The molecule has 1 aliphatic carbocycles. The second kappa shape index (κ2) is 3.36. The molecule has 1 unspecified atom stereocenters. The molecule has 0 heterocycles. The third-order valence-electron chi connectivity index (χ3n) is 2.68. The van der Waals surface area contributed by atoms with Gasteiger partial charge < -0.3 is 5.11 Å². The number of phenolic OH excluding ortho intramolecular Hbond substituents is 1. The highest BCUT2D eigenvalue weighted by atomic mass is 16.3. The highest BCUT2D eigenvalue weighted by molar-refractivity contribution is 5.42. The highest BCUT2D eigenvalue weighted by Crippen LogP contribution is 2.33. The van der Waals surface area contributed by atoms with E-state index in [-0.39, 0.29) is 6.04 Å². The number of hydrogen-bond acceptors (Lipinski definition) is 3. The number of hydrazine groups is 1. The fraction of sp³-hybridized carbons (Fsp3) is 0.400. The summed E-state index contributed by atoms with van der Waals surface area (Å²) in [5.41, 5.74) is 4.98. The van der Waals surface area contributed by atoms with Gasteiger partial charge in [-0.05, 0) is 36.5 Å². The largest absolute Gasteiger partial charge is 0.508 e. The van der Waals surface area contributed by atoms with E-state index in [1.54, 1.807) is 6.07 Å². The quantitative estimate of drug-likeness (QED) is 0.448. The van der Waals surface area contributed by atoms with Crippen LogP contribution in [0.1, 0.15) is 30.0 Å². The van der Waals surface area contributed by atoms with Crippen molar-refractivity contribution < 1.29 is 5.11 Å². The number of fused-ring (bicyclic) bond motifs is 1. The van der Waals surface area contributed by atoms with Crippen molar-refractivity contribution in [2.75, 3.05) is 0 Å². The zero-order valence-corrected chi connectivity index (χ0v) is 7.46. The van der Waals surface area contributed by atoms with E-state index < -0.39 is 0 Å². The van der Waals surface area contributed by atoms with Gasteiger partial charge >= 0.3 is 0 Å². The predicted molar refractivity (Wildman–Crippen MR) is 51.1 cm³/mol. The molecule has 3 nitrogen and oxygen atoms in total. The Bertz CT molecular complexity index is 312. The molecule has 0 spiro atoms. The van der Waals surface area contributed by atoms with Crippen molar-refractivity contribution >= 4 is 0 Å². The third kappa shape index (κ3) is 1.41. The summed E-state index contributed by atoms with van der Waals surface area (Å²) < 4.78 is 0. The van der Waals surface area contributed by atoms with Crippen LogP contribution in [0.25, 0.3) is 0 Å². The monoisotopic (exact) mass is 178 g/mol. The zero-order chi connectivity index (χ0) is 9.26. The molecule has 0 radical (unpaired) electrons. The smallest absolute Gasteiger partial charge is 0.119 e. The van der Waals surface area contributed by atoms with Crippen LogP contribution >= 0.6 is 0 Å². The minimum Gasteiger partial charge on any atom is -0.508 e. The molecule has 1 aliphatic rings. The summed E-state index contributed by atoms with van der Waals surface area (Å²) >= 11 is 0. The zero-order valence-electron chi connectivity index (χ0n) is 7.46. The summed E-state index contributed by atoms with van der Waals surface area (Å²) in [7, 11) is 0. The van der Waals surface area contributed by atoms with Gasteiger partial charge in [-0.3, -0.25) is 11.3 Å². The second-order valence-electron chi connectivity index (χ2n) is 3.46. The Hall–Kier alpha value is -1.06. The molecule has 2 rings (SSSR count). The van der Waals surface area contributed by atoms with Crippen LogP contribution in [-0.2, 0) is 6.42 Å². The standard InChI is InChI=1S/C10H14N2O/c11-12-9-5-1-4-8-7(9)3-2-6-10(8)13/h2-3,6,9,12-13H,1,4-5,11H2. The lowest BCUT2D eigenvalue weighted by molar-refractivity contribution is 0.435. The van der Waals surface area contributed by atoms with Crippen molar-refractivity contribution in [3.8, 4) is 5.75 Å². The fourth-order valence-electron chi connectivity index (χ4n) is 2.00. The van der Waals surface area contributed by atoms with Crippen molar-refractivity contribution in [1.29, 1.82) is 0 Å². The van der Waals surface area contributed by atoms with E-state index in [1.807, 2.05) is 12.1 Å². The Kier molecular flexibility index (Phi) is 2.20. The molecule has 1 atom stereocenters. The van der Waals surface area contributed by atoms with E-state index in [9.17, 15) is 5.11 Å². The summed E-state index contributed by atoms with van der Waals surface area (Å²) in [6.07, 6.45) is 3.09. The molecule has 4 N–H and O–H groups in total. The number of rotatable bonds is 1. The SMILES string of the molecule is NNC1CCCc2c(O)cccc21. The van der Waals surface area contributed by atoms with Gasteiger partial charge in [0.1, 0.15) is 5.75 Å². The number of phenols is 1. The third-order valence-corrected chi connectivity index (χ3v) is 2.68. The average molecular weight is 178 g/mol. The molecular formula is C10H14N2O. The number of nitrogens with one attached hydrogen (secondary N) is 1. The molecule has 0 aromatic heterocycles. The van der Waals surface area contributed by atoms with Gasteiger partial charge in [0.25, 0.3) is 0 Å². The van der Waals surface area contributed by atoms with Crippen molar-refractivity contribution in [2.24, 2.45) is 5.84 Å². The van der Waals surface area contributed by atoms with Crippen LogP contribution in [0.5, 0.6) is 5.75 Å². The minimum atomic E-state index is 0.204. The maximum Gasteiger partial charge on any atom is 0.119 e. The van der Waals surface area contributed by atoms with Crippen LogP contribution in [0, 0.1) is 0 Å². The summed E-state index contributed by atoms with van der Waals surface area (Å²) in [5, 5.41) is 9.60. The first-order valence-electron chi connectivity index (χ1n) is 4.60. The molecule has 1 aromatic carbocycles. The lowest BCUT2D eigenvalue weighted by Crippen LogP contribution is -2.30. The number of nitrogens with two attached hydrogens (primary N) is 1. The van der Waals surface area contributed by atoms with Gasteiger partial charge in [0, 0.05) is 6.04 Å². The van der Waals surface area contributed by atoms with Crippen LogP contribution in [0.4, 0.5) is 0 Å². The van der Waals surface area contributed by atoms with E-state index >= 15 is 0 Å². The molecule has 0 bridgehead atoms. The Morgan fingerprint density at radius 1 is 1.46 bits per heavy atom. The van der Waals surface area contributed by atoms with Crippen LogP contribution in [0.3, 0.4) is 0 Å². The van der Waals surface area contributed by atoms with Gasteiger partial charge in [-0.1, -0.05) is 12.1 Å². The van der Waals surface area contributed by atoms with Crippen LogP contribution in [0.15, 0.2) is 18.2 Å². The van der Waals surface area contributed by atoms with Gasteiger partial charge in [-0.25, -0.2) is 0 Å². The Morgan fingerprint density at radius 2 is 2.31 bits per heavy atom. The van der Waals surface area contributed by atoms with Crippen LogP contribution < -0.4 is 11.3 Å². The molecule has 70 valence electrons. The van der Waals surface area contributed by atoms with E-state index in [0.29, 0.717) is 5.75 Å². The molecule has 0 fully saturated rings. The molecule has 13 heavy (non-hydrogen) atoms. The van der Waals surface area contributed by atoms with Crippen LogP contribution in [-0.4, -0.2) is 5.11 Å². The summed E-state index contributed by atoms with van der Waals surface area (Å²) in [4.78, 5) is 0. The Morgan fingerprint density at radius 3 is 3.08 bits per heavy atom. The highest BCUT2D eigenvalue weighted by Gasteiger charge is 2.20. The van der Waals surface area contributed by atoms with Crippen molar-refractivity contribution in [3.63, 3.8) is 0 Å². The molecule has 0 aliphatic heterocycles. The number of benzene rings is 1. The lowest BCUT2D eigenvalue weighted by Gasteiger charge is -2.25. The molecular weight excluding hydrogens is 164 g/mol. The van der Waals surface area contributed by atoms with E-state index in [2.05, 4.69) is 5.43 Å². The fourth-order valence-corrected chi connectivity index (χ4v) is 2.00. The molecule has 0 amide bonds. The lowest BCUT2D eigenvalue weighted by atomic mass is 9.87. The average Bonchev–Trinajstić information content (AvgIpc) is 2.18. The van der Waals surface area contributed by atoms with Gasteiger partial charge in [0.2, 0.25) is 0 Å². The normalized spacial score (nSPS) is 21.2.